The third-order valence-corrected chi connectivity index (χ3v) is 3.27. The van der Waals surface area contributed by atoms with E-state index in [-0.39, 0.29) is 5.78 Å². The van der Waals surface area contributed by atoms with Crippen LogP contribution in [0.3, 0.4) is 0 Å². The average molecular weight is 277 g/mol. The van der Waals surface area contributed by atoms with E-state index >= 15 is 0 Å². The molecule has 0 spiro atoms. The molecule has 0 saturated heterocycles. The van der Waals surface area contributed by atoms with E-state index in [0.29, 0.717) is 18.6 Å². The molecular weight excluding hydrogens is 262 g/mol. The number of hydrogen-bond donors (Lipinski definition) is 0. The van der Waals surface area contributed by atoms with Crippen LogP contribution in [0.15, 0.2) is 66.9 Å². The van der Waals surface area contributed by atoms with E-state index in [1.807, 2.05) is 60.7 Å². The van der Waals surface area contributed by atoms with Crippen LogP contribution in [0.1, 0.15) is 16.8 Å². The first-order valence-corrected chi connectivity index (χ1v) is 6.89. The average Bonchev–Trinajstić information content (AvgIpc) is 2.55. The molecule has 3 heteroatoms. The third kappa shape index (κ3) is 3.26. The topological polar surface area (TPSA) is 39.2 Å². The lowest BCUT2D eigenvalue weighted by atomic mass is 10.1. The van der Waals surface area contributed by atoms with Crippen LogP contribution >= 0.6 is 0 Å². The zero-order valence-electron chi connectivity index (χ0n) is 11.5. The maximum Gasteiger partial charge on any atom is 0.166 e. The van der Waals surface area contributed by atoms with Crippen molar-refractivity contribution in [2.24, 2.45) is 0 Å². The number of ketones is 1. The summed E-state index contributed by atoms with van der Waals surface area (Å²) in [7, 11) is 0. The normalized spacial score (nSPS) is 10.5. The predicted octanol–water partition coefficient (Wildman–Crippen LogP) is 3.89. The van der Waals surface area contributed by atoms with Crippen LogP contribution in [-0.2, 0) is 0 Å². The van der Waals surface area contributed by atoms with Gasteiger partial charge in [0.25, 0.3) is 0 Å². The van der Waals surface area contributed by atoms with Gasteiger partial charge in [0.1, 0.15) is 5.75 Å². The fourth-order valence-corrected chi connectivity index (χ4v) is 2.17. The summed E-state index contributed by atoms with van der Waals surface area (Å²) in [5, 5.41) is 0.979. The van der Waals surface area contributed by atoms with Crippen molar-refractivity contribution in [1.29, 1.82) is 0 Å². The summed E-state index contributed by atoms with van der Waals surface area (Å²) in [6, 6.07) is 18.9. The zero-order chi connectivity index (χ0) is 14.5. The van der Waals surface area contributed by atoms with Crippen LogP contribution in [0.4, 0.5) is 0 Å². The van der Waals surface area contributed by atoms with Crippen LogP contribution in [0.25, 0.3) is 10.9 Å². The number of ether oxygens (including phenoxy) is 1. The summed E-state index contributed by atoms with van der Waals surface area (Å²) in [4.78, 5) is 16.4. The van der Waals surface area contributed by atoms with Crippen molar-refractivity contribution in [1.82, 2.24) is 4.98 Å². The van der Waals surface area contributed by atoms with Crippen molar-refractivity contribution < 1.29 is 9.53 Å². The Balaban J connectivity index is 1.64. The van der Waals surface area contributed by atoms with E-state index in [9.17, 15) is 4.79 Å². The molecule has 0 bridgehead atoms. The molecule has 2 aromatic carbocycles. The van der Waals surface area contributed by atoms with E-state index in [4.69, 9.17) is 4.74 Å². The van der Waals surface area contributed by atoms with Crippen LogP contribution in [0, 0.1) is 0 Å². The summed E-state index contributed by atoms with van der Waals surface area (Å²) in [6.45, 7) is 0.383. The van der Waals surface area contributed by atoms with Gasteiger partial charge < -0.3 is 4.74 Å². The smallest absolute Gasteiger partial charge is 0.166 e. The Morgan fingerprint density at radius 2 is 1.86 bits per heavy atom. The number of benzene rings is 2. The van der Waals surface area contributed by atoms with Crippen molar-refractivity contribution in [3.05, 3.63) is 72.4 Å². The van der Waals surface area contributed by atoms with Gasteiger partial charge in [-0.15, -0.1) is 0 Å². The molecular formula is C18H15NO2. The minimum atomic E-state index is 0.0803. The van der Waals surface area contributed by atoms with Gasteiger partial charge >= 0.3 is 0 Å². The molecule has 3 rings (SSSR count). The highest BCUT2D eigenvalue weighted by atomic mass is 16.5. The number of hydrogen-bond acceptors (Lipinski definition) is 3. The number of rotatable bonds is 5. The number of Topliss-reactive ketones (excluding diaryl/α,β-unsaturated/α-hetero) is 1. The SMILES string of the molecule is O=C(CCOc1ccccc1)c1ccc2ncccc2c1. The molecule has 0 amide bonds. The number of para-hydroxylation sites is 1. The van der Waals surface area contributed by atoms with Gasteiger partial charge in [0, 0.05) is 23.6 Å². The van der Waals surface area contributed by atoms with Crippen LogP contribution < -0.4 is 4.74 Å². The Bertz CT molecular complexity index is 753. The first-order valence-electron chi connectivity index (χ1n) is 6.89. The van der Waals surface area contributed by atoms with Crippen molar-refractivity contribution in [3.8, 4) is 5.75 Å². The number of nitrogens with zero attached hydrogens (tertiary/aromatic N) is 1. The zero-order valence-corrected chi connectivity index (χ0v) is 11.5. The Morgan fingerprint density at radius 1 is 1.00 bits per heavy atom. The van der Waals surface area contributed by atoms with Gasteiger partial charge in [-0.2, -0.15) is 0 Å². The Labute approximate surface area is 123 Å². The quantitative estimate of drug-likeness (QED) is 0.664. The van der Waals surface area contributed by atoms with E-state index in [0.717, 1.165) is 16.7 Å². The minimum Gasteiger partial charge on any atom is -0.493 e. The second-order valence-electron chi connectivity index (χ2n) is 4.75. The number of carbonyl (C=O) groups is 1. The Kier molecular flexibility index (Phi) is 3.92. The lowest BCUT2D eigenvalue weighted by molar-refractivity contribution is 0.0962. The molecule has 0 aliphatic heterocycles. The van der Waals surface area contributed by atoms with Crippen LogP contribution in [-0.4, -0.2) is 17.4 Å². The number of aromatic nitrogens is 1. The van der Waals surface area contributed by atoms with Crippen LogP contribution in [0.2, 0.25) is 0 Å². The first-order chi connectivity index (χ1) is 10.3. The van der Waals surface area contributed by atoms with E-state index in [2.05, 4.69) is 4.98 Å². The highest BCUT2D eigenvalue weighted by Crippen LogP contribution is 2.15. The summed E-state index contributed by atoms with van der Waals surface area (Å²) >= 11 is 0. The highest BCUT2D eigenvalue weighted by molar-refractivity contribution is 5.99. The lowest BCUT2D eigenvalue weighted by Gasteiger charge is -2.06. The van der Waals surface area contributed by atoms with Crippen molar-refractivity contribution in [3.63, 3.8) is 0 Å². The van der Waals surface area contributed by atoms with Crippen LogP contribution in [0.5, 0.6) is 5.75 Å². The van der Waals surface area contributed by atoms with Gasteiger partial charge in [-0.1, -0.05) is 24.3 Å². The predicted molar refractivity (Wildman–Crippen MR) is 82.6 cm³/mol. The lowest BCUT2D eigenvalue weighted by Crippen LogP contribution is -2.06. The summed E-state index contributed by atoms with van der Waals surface area (Å²) < 4.78 is 5.55. The molecule has 0 N–H and O–H groups in total. The van der Waals surface area contributed by atoms with E-state index in [1.165, 1.54) is 0 Å². The van der Waals surface area contributed by atoms with Gasteiger partial charge in [-0.3, -0.25) is 9.78 Å². The number of carbonyl (C=O) groups excluding carboxylic acids is 1. The summed E-state index contributed by atoms with van der Waals surface area (Å²) in [6.07, 6.45) is 2.11. The number of fused-ring (bicyclic) bond motifs is 1. The van der Waals surface area contributed by atoms with E-state index < -0.39 is 0 Å². The molecule has 3 aromatic rings. The minimum absolute atomic E-state index is 0.0803. The molecule has 104 valence electrons. The molecule has 0 aliphatic carbocycles. The third-order valence-electron chi connectivity index (χ3n) is 3.27. The molecule has 0 atom stereocenters. The fraction of sp³-hybridized carbons (Fsp3) is 0.111. The van der Waals surface area contributed by atoms with Crippen molar-refractivity contribution >= 4 is 16.7 Å². The highest BCUT2D eigenvalue weighted by Gasteiger charge is 2.07. The second-order valence-corrected chi connectivity index (χ2v) is 4.75. The Morgan fingerprint density at radius 3 is 2.71 bits per heavy atom. The Hall–Kier alpha value is -2.68. The summed E-state index contributed by atoms with van der Waals surface area (Å²) in [5.41, 5.74) is 1.60. The molecule has 3 nitrogen and oxygen atoms in total. The first kappa shape index (κ1) is 13.3. The molecule has 0 fully saturated rings. The molecule has 0 aliphatic rings. The van der Waals surface area contributed by atoms with Gasteiger partial charge in [-0.05, 0) is 36.4 Å². The number of pyridine rings is 1. The van der Waals surface area contributed by atoms with E-state index in [1.54, 1.807) is 6.20 Å². The monoisotopic (exact) mass is 277 g/mol. The standard InChI is InChI=1S/C18H15NO2/c20-18(10-12-21-16-6-2-1-3-7-16)15-8-9-17-14(13-15)5-4-11-19-17/h1-9,11,13H,10,12H2. The van der Waals surface area contributed by atoms with Gasteiger partial charge in [0.2, 0.25) is 0 Å². The largest absolute Gasteiger partial charge is 0.493 e. The van der Waals surface area contributed by atoms with Crippen molar-refractivity contribution in [2.45, 2.75) is 6.42 Å². The van der Waals surface area contributed by atoms with Gasteiger partial charge in [0.05, 0.1) is 12.1 Å². The molecule has 21 heavy (non-hydrogen) atoms. The fourth-order valence-electron chi connectivity index (χ4n) is 2.17. The van der Waals surface area contributed by atoms with Gasteiger partial charge in [-0.25, -0.2) is 0 Å². The maximum absolute atomic E-state index is 12.2. The molecule has 0 unspecified atom stereocenters. The molecule has 0 radical (unpaired) electrons. The summed E-state index contributed by atoms with van der Waals surface area (Å²) in [5.74, 6) is 0.865. The second kappa shape index (κ2) is 6.18. The molecule has 0 saturated carbocycles. The maximum atomic E-state index is 12.2. The molecule has 1 heterocycles. The van der Waals surface area contributed by atoms with Gasteiger partial charge in [0.15, 0.2) is 5.78 Å². The van der Waals surface area contributed by atoms with Crippen molar-refractivity contribution in [2.75, 3.05) is 6.61 Å². The molecule has 1 aromatic heterocycles.